The zero-order valence-electron chi connectivity index (χ0n) is 8.42. The molecule has 0 spiro atoms. The van der Waals surface area contributed by atoms with Gasteiger partial charge in [-0.15, -0.1) is 11.6 Å². The molecular formula is C9H15ClN2O2. The smallest absolute Gasteiger partial charge is 0.240 e. The molecule has 1 N–H and O–H groups in total. The van der Waals surface area contributed by atoms with E-state index >= 15 is 0 Å². The van der Waals surface area contributed by atoms with Crippen LogP contribution in [-0.2, 0) is 9.59 Å². The highest BCUT2D eigenvalue weighted by molar-refractivity contribution is 6.30. The highest BCUT2D eigenvalue weighted by Gasteiger charge is 2.24. The summed E-state index contributed by atoms with van der Waals surface area (Å²) in [5, 5.41) is 2.23. The lowest BCUT2D eigenvalue weighted by Gasteiger charge is -2.17. The summed E-state index contributed by atoms with van der Waals surface area (Å²) >= 11 is 5.60. The van der Waals surface area contributed by atoms with E-state index in [0.717, 1.165) is 12.8 Å². The fraction of sp³-hybridized carbons (Fsp3) is 0.778. The number of nitrogens with one attached hydrogen (secondary N) is 1. The summed E-state index contributed by atoms with van der Waals surface area (Å²) < 4.78 is 0. The third-order valence-corrected chi connectivity index (χ3v) is 2.23. The maximum absolute atomic E-state index is 11.3. The molecule has 1 aliphatic carbocycles. The SMILES string of the molecule is C[C@H](Cl)C(=O)N(C)CC(=O)NC1CC1. The molecule has 1 rings (SSSR count). The quantitative estimate of drug-likeness (QED) is 0.693. The monoisotopic (exact) mass is 218 g/mol. The van der Waals surface area contributed by atoms with E-state index in [1.165, 1.54) is 4.90 Å². The first-order valence-electron chi connectivity index (χ1n) is 4.69. The van der Waals surface area contributed by atoms with E-state index in [4.69, 9.17) is 11.6 Å². The van der Waals surface area contributed by atoms with Gasteiger partial charge in [0.05, 0.1) is 6.54 Å². The van der Waals surface area contributed by atoms with Crippen LogP contribution >= 0.6 is 11.6 Å². The summed E-state index contributed by atoms with van der Waals surface area (Å²) in [7, 11) is 1.58. The normalized spacial score (nSPS) is 17.4. The van der Waals surface area contributed by atoms with E-state index in [2.05, 4.69) is 5.32 Å². The third kappa shape index (κ3) is 3.54. The van der Waals surface area contributed by atoms with E-state index in [1.807, 2.05) is 0 Å². The predicted octanol–water partition coefficient (Wildman–Crippen LogP) is 0.351. The van der Waals surface area contributed by atoms with Gasteiger partial charge in [0, 0.05) is 13.1 Å². The first-order valence-corrected chi connectivity index (χ1v) is 5.12. The molecule has 1 fully saturated rings. The molecule has 5 heteroatoms. The van der Waals surface area contributed by atoms with E-state index in [1.54, 1.807) is 14.0 Å². The van der Waals surface area contributed by atoms with Gasteiger partial charge < -0.3 is 10.2 Å². The molecule has 14 heavy (non-hydrogen) atoms. The lowest BCUT2D eigenvalue weighted by Crippen LogP contribution is -2.41. The number of nitrogens with zero attached hydrogens (tertiary/aromatic N) is 1. The minimum absolute atomic E-state index is 0.0897. The van der Waals surface area contributed by atoms with Gasteiger partial charge >= 0.3 is 0 Å². The van der Waals surface area contributed by atoms with Gasteiger partial charge in [0.15, 0.2) is 0 Å². The van der Waals surface area contributed by atoms with Crippen LogP contribution in [0.15, 0.2) is 0 Å². The van der Waals surface area contributed by atoms with Crippen molar-refractivity contribution in [1.82, 2.24) is 10.2 Å². The summed E-state index contributed by atoms with van der Waals surface area (Å²) in [6, 6.07) is 0.333. The summed E-state index contributed by atoms with van der Waals surface area (Å²) in [6.45, 7) is 1.69. The molecule has 1 saturated carbocycles. The Labute approximate surface area is 88.6 Å². The van der Waals surface area contributed by atoms with Crippen LogP contribution in [0.1, 0.15) is 19.8 Å². The molecule has 0 unspecified atom stereocenters. The maximum Gasteiger partial charge on any atom is 0.240 e. The highest BCUT2D eigenvalue weighted by Crippen LogP contribution is 2.18. The molecule has 0 aliphatic heterocycles. The summed E-state index contributed by atoms with van der Waals surface area (Å²) in [6.07, 6.45) is 2.10. The number of alkyl halides is 1. The van der Waals surface area contributed by atoms with Crippen LogP contribution in [0.25, 0.3) is 0 Å². The van der Waals surface area contributed by atoms with Crippen LogP contribution in [-0.4, -0.2) is 41.7 Å². The second-order valence-electron chi connectivity index (χ2n) is 3.65. The van der Waals surface area contributed by atoms with Crippen molar-refractivity contribution in [1.29, 1.82) is 0 Å². The van der Waals surface area contributed by atoms with Crippen LogP contribution in [0.3, 0.4) is 0 Å². The molecule has 0 saturated heterocycles. The second-order valence-corrected chi connectivity index (χ2v) is 4.31. The van der Waals surface area contributed by atoms with Crippen LogP contribution in [0.4, 0.5) is 0 Å². The minimum Gasteiger partial charge on any atom is -0.352 e. The third-order valence-electron chi connectivity index (χ3n) is 2.04. The molecule has 0 bridgehead atoms. The summed E-state index contributed by atoms with van der Waals surface area (Å²) in [5.74, 6) is -0.335. The first-order chi connectivity index (χ1) is 6.50. The molecule has 1 atom stereocenters. The Kier molecular flexibility index (Phi) is 3.75. The Morgan fingerprint density at radius 1 is 1.57 bits per heavy atom. The number of halogens is 1. The maximum atomic E-state index is 11.3. The summed E-state index contributed by atoms with van der Waals surface area (Å²) in [5.41, 5.74) is 0. The van der Waals surface area contributed by atoms with Gasteiger partial charge in [0.2, 0.25) is 11.8 Å². The van der Waals surface area contributed by atoms with Crippen molar-refractivity contribution >= 4 is 23.4 Å². The largest absolute Gasteiger partial charge is 0.352 e. The number of hydrogen-bond acceptors (Lipinski definition) is 2. The molecular weight excluding hydrogens is 204 g/mol. The molecule has 80 valence electrons. The predicted molar refractivity (Wildman–Crippen MR) is 54.1 cm³/mol. The number of rotatable bonds is 4. The van der Waals surface area contributed by atoms with Crippen molar-refractivity contribution in [3.8, 4) is 0 Å². The molecule has 4 nitrogen and oxygen atoms in total. The summed E-state index contributed by atoms with van der Waals surface area (Å²) in [4.78, 5) is 23.9. The Morgan fingerprint density at radius 2 is 2.14 bits per heavy atom. The van der Waals surface area contributed by atoms with Crippen LogP contribution in [0.2, 0.25) is 0 Å². The molecule has 0 radical (unpaired) electrons. The fourth-order valence-electron chi connectivity index (χ4n) is 1.10. The average Bonchev–Trinajstić information content (AvgIpc) is 2.86. The Balaban J connectivity index is 2.27. The Hall–Kier alpha value is -0.770. The molecule has 0 heterocycles. The van der Waals surface area contributed by atoms with Gasteiger partial charge in [0.25, 0.3) is 0 Å². The van der Waals surface area contributed by atoms with Crippen molar-refractivity contribution in [2.45, 2.75) is 31.2 Å². The van der Waals surface area contributed by atoms with Gasteiger partial charge in [-0.2, -0.15) is 0 Å². The first kappa shape index (κ1) is 11.3. The van der Waals surface area contributed by atoms with Crippen LogP contribution in [0, 0.1) is 0 Å². The van der Waals surface area contributed by atoms with Crippen molar-refractivity contribution in [2.24, 2.45) is 0 Å². The van der Waals surface area contributed by atoms with E-state index in [9.17, 15) is 9.59 Å². The molecule has 1 aliphatic rings. The Bertz CT molecular complexity index is 239. The van der Waals surface area contributed by atoms with Gasteiger partial charge in [-0.3, -0.25) is 9.59 Å². The number of carbonyl (C=O) groups excluding carboxylic acids is 2. The van der Waals surface area contributed by atoms with Gasteiger partial charge in [-0.25, -0.2) is 0 Å². The number of hydrogen-bond donors (Lipinski definition) is 1. The zero-order chi connectivity index (χ0) is 10.7. The van der Waals surface area contributed by atoms with E-state index < -0.39 is 5.38 Å². The Morgan fingerprint density at radius 3 is 2.57 bits per heavy atom. The average molecular weight is 219 g/mol. The van der Waals surface area contributed by atoms with Crippen LogP contribution < -0.4 is 5.32 Å². The molecule has 2 amide bonds. The fourth-order valence-corrected chi connectivity index (χ4v) is 1.26. The standard InChI is InChI=1S/C9H15ClN2O2/c1-6(10)9(14)12(2)5-8(13)11-7-3-4-7/h6-7H,3-5H2,1-2H3,(H,11,13)/t6-/m0/s1. The molecule has 0 aromatic carbocycles. The number of likely N-dealkylation sites (N-methyl/N-ethyl adjacent to an activating group) is 1. The van der Waals surface area contributed by atoms with Crippen molar-refractivity contribution in [2.75, 3.05) is 13.6 Å². The van der Waals surface area contributed by atoms with E-state index in [-0.39, 0.29) is 18.4 Å². The van der Waals surface area contributed by atoms with Gasteiger partial charge in [-0.1, -0.05) is 0 Å². The number of amides is 2. The highest BCUT2D eigenvalue weighted by atomic mass is 35.5. The lowest BCUT2D eigenvalue weighted by atomic mass is 10.4. The topological polar surface area (TPSA) is 49.4 Å². The molecule has 0 aromatic heterocycles. The van der Waals surface area contributed by atoms with Gasteiger partial charge in [0.1, 0.15) is 5.38 Å². The molecule has 0 aromatic rings. The van der Waals surface area contributed by atoms with Crippen LogP contribution in [0.5, 0.6) is 0 Å². The van der Waals surface area contributed by atoms with Gasteiger partial charge in [-0.05, 0) is 19.8 Å². The number of carbonyl (C=O) groups is 2. The zero-order valence-corrected chi connectivity index (χ0v) is 9.17. The minimum atomic E-state index is -0.575. The van der Waals surface area contributed by atoms with Crippen molar-refractivity contribution in [3.05, 3.63) is 0 Å². The van der Waals surface area contributed by atoms with Crippen molar-refractivity contribution in [3.63, 3.8) is 0 Å². The lowest BCUT2D eigenvalue weighted by molar-refractivity contribution is -0.134. The van der Waals surface area contributed by atoms with Crippen molar-refractivity contribution < 1.29 is 9.59 Å². The van der Waals surface area contributed by atoms with E-state index in [0.29, 0.717) is 6.04 Å². The second kappa shape index (κ2) is 4.64.